The molecule has 7 heteroatoms. The number of hydrogen-bond acceptors (Lipinski definition) is 6. The Labute approximate surface area is 140 Å². The number of fused-ring (bicyclic) bond motifs is 1. The molecule has 124 valence electrons. The van der Waals surface area contributed by atoms with Crippen LogP contribution in [0.25, 0.3) is 0 Å². The second-order valence-corrected chi connectivity index (χ2v) is 7.95. The Morgan fingerprint density at radius 2 is 2.17 bits per heavy atom. The van der Waals surface area contributed by atoms with Gasteiger partial charge >= 0.3 is 6.09 Å². The van der Waals surface area contributed by atoms with Crippen molar-refractivity contribution in [1.82, 2.24) is 14.9 Å². The van der Waals surface area contributed by atoms with Gasteiger partial charge in [-0.2, -0.15) is 0 Å². The molecule has 1 unspecified atom stereocenters. The maximum atomic E-state index is 12.3. The van der Waals surface area contributed by atoms with E-state index in [1.165, 1.54) is 0 Å². The Kier molecular flexibility index (Phi) is 4.08. The fourth-order valence-electron chi connectivity index (χ4n) is 2.82. The third-order valence-corrected chi connectivity index (χ3v) is 4.93. The molecule has 0 saturated heterocycles. The SMILES string of the molecule is CC(C)(C)OC(=O)N1CCc2c(ncnc2C2(C)CSC=N2)C1. The quantitative estimate of drug-likeness (QED) is 0.790. The van der Waals surface area contributed by atoms with Gasteiger partial charge in [-0.15, -0.1) is 11.8 Å². The van der Waals surface area contributed by atoms with Crippen molar-refractivity contribution in [2.24, 2.45) is 4.99 Å². The summed E-state index contributed by atoms with van der Waals surface area (Å²) < 4.78 is 5.46. The highest BCUT2D eigenvalue weighted by molar-refractivity contribution is 8.12. The van der Waals surface area contributed by atoms with E-state index < -0.39 is 5.60 Å². The topological polar surface area (TPSA) is 67.7 Å². The fraction of sp³-hybridized carbons (Fsp3) is 0.625. The minimum Gasteiger partial charge on any atom is -0.444 e. The van der Waals surface area contributed by atoms with Gasteiger partial charge in [0.15, 0.2) is 0 Å². The molecule has 0 bridgehead atoms. The van der Waals surface area contributed by atoms with E-state index in [2.05, 4.69) is 21.9 Å². The van der Waals surface area contributed by atoms with E-state index in [1.807, 2.05) is 26.3 Å². The number of amides is 1. The smallest absolute Gasteiger partial charge is 0.410 e. The van der Waals surface area contributed by atoms with E-state index >= 15 is 0 Å². The van der Waals surface area contributed by atoms with Gasteiger partial charge in [-0.05, 0) is 34.1 Å². The number of rotatable bonds is 1. The third-order valence-electron chi connectivity index (χ3n) is 3.95. The van der Waals surface area contributed by atoms with Gasteiger partial charge in [-0.25, -0.2) is 14.8 Å². The summed E-state index contributed by atoms with van der Waals surface area (Å²) in [6, 6.07) is 0. The number of thioether (sulfide) groups is 1. The number of aromatic nitrogens is 2. The molecule has 3 rings (SSSR count). The van der Waals surface area contributed by atoms with Gasteiger partial charge in [-0.1, -0.05) is 0 Å². The van der Waals surface area contributed by atoms with Crippen LogP contribution in [0.15, 0.2) is 11.3 Å². The maximum Gasteiger partial charge on any atom is 0.410 e. The van der Waals surface area contributed by atoms with E-state index in [9.17, 15) is 4.79 Å². The highest BCUT2D eigenvalue weighted by Crippen LogP contribution is 2.36. The lowest BCUT2D eigenvalue weighted by Crippen LogP contribution is -2.41. The van der Waals surface area contributed by atoms with Crippen molar-refractivity contribution in [3.05, 3.63) is 23.3 Å². The first-order valence-corrected chi connectivity index (χ1v) is 8.80. The lowest BCUT2D eigenvalue weighted by Gasteiger charge is -2.32. The van der Waals surface area contributed by atoms with E-state index in [0.717, 1.165) is 29.1 Å². The average molecular weight is 334 g/mol. The van der Waals surface area contributed by atoms with Crippen LogP contribution in [-0.2, 0) is 23.2 Å². The van der Waals surface area contributed by atoms with Crippen molar-refractivity contribution in [3.63, 3.8) is 0 Å². The average Bonchev–Trinajstić information content (AvgIpc) is 2.92. The van der Waals surface area contributed by atoms with Gasteiger partial charge in [0.25, 0.3) is 0 Å². The van der Waals surface area contributed by atoms with E-state index in [4.69, 9.17) is 4.74 Å². The van der Waals surface area contributed by atoms with Gasteiger partial charge in [0.1, 0.15) is 17.5 Å². The molecular weight excluding hydrogens is 312 g/mol. The monoisotopic (exact) mass is 334 g/mol. The summed E-state index contributed by atoms with van der Waals surface area (Å²) in [5.41, 5.74) is 4.15. The molecule has 0 saturated carbocycles. The number of aliphatic imine (C=N–C) groups is 1. The van der Waals surface area contributed by atoms with Crippen molar-refractivity contribution in [1.29, 1.82) is 0 Å². The molecule has 1 aromatic rings. The van der Waals surface area contributed by atoms with Crippen LogP contribution in [0.5, 0.6) is 0 Å². The fourth-order valence-corrected chi connectivity index (χ4v) is 3.74. The predicted octanol–water partition coefficient (Wildman–Crippen LogP) is 2.76. The molecule has 6 nitrogen and oxygen atoms in total. The molecule has 23 heavy (non-hydrogen) atoms. The van der Waals surface area contributed by atoms with E-state index in [1.54, 1.807) is 23.0 Å². The Balaban J connectivity index is 1.83. The van der Waals surface area contributed by atoms with Crippen LogP contribution < -0.4 is 0 Å². The zero-order chi connectivity index (χ0) is 16.7. The third kappa shape index (κ3) is 3.34. The zero-order valence-corrected chi connectivity index (χ0v) is 14.8. The second kappa shape index (κ2) is 5.78. The van der Waals surface area contributed by atoms with Crippen LogP contribution in [0.1, 0.15) is 44.6 Å². The van der Waals surface area contributed by atoms with E-state index in [0.29, 0.717) is 13.1 Å². The number of ether oxygens (including phenoxy) is 1. The molecule has 1 amide bonds. The van der Waals surface area contributed by atoms with Crippen LogP contribution in [0.2, 0.25) is 0 Å². The molecule has 0 fully saturated rings. The van der Waals surface area contributed by atoms with Crippen molar-refractivity contribution in [2.75, 3.05) is 12.3 Å². The van der Waals surface area contributed by atoms with Crippen molar-refractivity contribution in [2.45, 2.75) is 51.8 Å². The molecule has 0 spiro atoms. The molecular formula is C16H22N4O2S. The van der Waals surface area contributed by atoms with Crippen molar-refractivity contribution >= 4 is 23.4 Å². The Hall–Kier alpha value is -1.63. The first-order valence-electron chi connectivity index (χ1n) is 7.75. The summed E-state index contributed by atoms with van der Waals surface area (Å²) in [5, 5.41) is 0. The summed E-state index contributed by atoms with van der Waals surface area (Å²) in [6.07, 6.45) is 2.03. The minimum absolute atomic E-state index is 0.286. The standard InChI is InChI=1S/C16H22N4O2S/c1-15(2,3)22-14(21)20-6-5-11-12(7-20)17-9-18-13(11)16(4)8-23-10-19-16/h9-10H,5-8H2,1-4H3. The minimum atomic E-state index is -0.489. The first-order chi connectivity index (χ1) is 10.8. The Bertz CT molecular complexity index is 656. The van der Waals surface area contributed by atoms with Crippen LogP contribution in [-0.4, -0.2) is 44.4 Å². The second-order valence-electron chi connectivity index (χ2n) is 7.12. The van der Waals surface area contributed by atoms with Crippen LogP contribution in [0, 0.1) is 0 Å². The number of carbonyl (C=O) groups excluding carboxylic acids is 1. The normalized spacial score (nSPS) is 23.7. The van der Waals surface area contributed by atoms with Gasteiger partial charge in [0, 0.05) is 17.9 Å². The van der Waals surface area contributed by atoms with E-state index in [-0.39, 0.29) is 11.6 Å². The zero-order valence-electron chi connectivity index (χ0n) is 14.0. The summed E-state index contributed by atoms with van der Waals surface area (Å²) in [4.78, 5) is 27.5. The van der Waals surface area contributed by atoms with Gasteiger partial charge in [0.2, 0.25) is 0 Å². The largest absolute Gasteiger partial charge is 0.444 e. The highest BCUT2D eigenvalue weighted by atomic mass is 32.2. The number of carbonyl (C=O) groups is 1. The number of hydrogen-bond donors (Lipinski definition) is 0. The highest BCUT2D eigenvalue weighted by Gasteiger charge is 2.36. The first kappa shape index (κ1) is 16.2. The summed E-state index contributed by atoms with van der Waals surface area (Å²) in [6.45, 7) is 8.81. The van der Waals surface area contributed by atoms with Gasteiger partial charge in [-0.3, -0.25) is 4.99 Å². The summed E-state index contributed by atoms with van der Waals surface area (Å²) in [5.74, 6) is 0.895. The summed E-state index contributed by atoms with van der Waals surface area (Å²) >= 11 is 1.70. The van der Waals surface area contributed by atoms with Crippen molar-refractivity contribution < 1.29 is 9.53 Å². The predicted molar refractivity (Wildman–Crippen MR) is 90.7 cm³/mol. The van der Waals surface area contributed by atoms with Crippen LogP contribution in [0.3, 0.4) is 0 Å². The molecule has 2 aliphatic heterocycles. The van der Waals surface area contributed by atoms with Gasteiger partial charge < -0.3 is 9.64 Å². The lowest BCUT2D eigenvalue weighted by atomic mass is 9.92. The van der Waals surface area contributed by atoms with Crippen LogP contribution >= 0.6 is 11.8 Å². The van der Waals surface area contributed by atoms with Crippen LogP contribution in [0.4, 0.5) is 4.79 Å². The Morgan fingerprint density at radius 1 is 1.39 bits per heavy atom. The molecule has 0 aromatic carbocycles. The lowest BCUT2D eigenvalue weighted by molar-refractivity contribution is 0.0220. The van der Waals surface area contributed by atoms with Gasteiger partial charge in [0.05, 0.1) is 23.5 Å². The van der Waals surface area contributed by atoms with Crippen molar-refractivity contribution in [3.8, 4) is 0 Å². The molecule has 2 aliphatic rings. The molecule has 0 radical (unpaired) electrons. The molecule has 1 atom stereocenters. The number of nitrogens with zero attached hydrogens (tertiary/aromatic N) is 4. The Morgan fingerprint density at radius 3 is 2.83 bits per heavy atom. The molecule has 3 heterocycles. The molecule has 0 N–H and O–H groups in total. The molecule has 1 aromatic heterocycles. The summed E-state index contributed by atoms with van der Waals surface area (Å²) in [7, 11) is 0. The molecule has 0 aliphatic carbocycles. The maximum absolute atomic E-state index is 12.3.